The highest BCUT2D eigenvalue weighted by atomic mass is 19.1. The summed E-state index contributed by atoms with van der Waals surface area (Å²) in [6.45, 7) is 7.35. The van der Waals surface area contributed by atoms with Crippen molar-refractivity contribution in [3.8, 4) is 0 Å². The minimum Gasteiger partial charge on any atom is -0.383 e. The van der Waals surface area contributed by atoms with Gasteiger partial charge in [-0.1, -0.05) is 45.7 Å². The van der Waals surface area contributed by atoms with E-state index in [1.807, 2.05) is 12.3 Å². The Bertz CT molecular complexity index is 809. The van der Waals surface area contributed by atoms with Gasteiger partial charge >= 0.3 is 0 Å². The molecule has 3 aromatic rings. The van der Waals surface area contributed by atoms with Crippen molar-refractivity contribution in [2.45, 2.75) is 53.0 Å². The third-order valence-electron chi connectivity index (χ3n) is 4.01. The standard InChI is InChI=1S/C16H17FN4.C4H10/c1-2-6-21-9-12(7-11-4-3-5-13(17)8-11)14-15(18)19-10-20-16(14)21;1-3-4-2/h3-5,8-10H,2,6-7H2,1H3,(H2,18,19,20);3-4H2,1-2H3. The van der Waals surface area contributed by atoms with Crippen molar-refractivity contribution in [3.05, 3.63) is 53.7 Å². The highest BCUT2D eigenvalue weighted by Crippen LogP contribution is 2.26. The van der Waals surface area contributed by atoms with Crippen molar-refractivity contribution in [2.75, 3.05) is 5.73 Å². The van der Waals surface area contributed by atoms with E-state index >= 15 is 0 Å². The van der Waals surface area contributed by atoms with Gasteiger partial charge in [-0.25, -0.2) is 14.4 Å². The second-order valence-electron chi connectivity index (χ2n) is 6.11. The SMILES string of the molecule is CCCC.CCCn1cc(Cc2cccc(F)c2)c2c(N)ncnc21. The maximum Gasteiger partial charge on any atom is 0.145 e. The van der Waals surface area contributed by atoms with Gasteiger partial charge in [-0.05, 0) is 36.1 Å². The van der Waals surface area contributed by atoms with E-state index in [1.54, 1.807) is 12.1 Å². The number of nitrogens with zero attached hydrogens (tertiary/aromatic N) is 3. The van der Waals surface area contributed by atoms with E-state index in [0.29, 0.717) is 12.2 Å². The normalized spacial score (nSPS) is 10.6. The summed E-state index contributed by atoms with van der Waals surface area (Å²) < 4.78 is 15.4. The average molecular weight is 342 g/mol. The zero-order chi connectivity index (χ0) is 18.2. The van der Waals surface area contributed by atoms with Crippen LogP contribution in [-0.4, -0.2) is 14.5 Å². The summed E-state index contributed by atoms with van der Waals surface area (Å²) in [6, 6.07) is 6.62. The van der Waals surface area contributed by atoms with Crippen LogP contribution in [0, 0.1) is 5.82 Å². The van der Waals surface area contributed by atoms with Crippen LogP contribution in [0.2, 0.25) is 0 Å². The number of hydrogen-bond donors (Lipinski definition) is 1. The molecular weight excluding hydrogens is 315 g/mol. The summed E-state index contributed by atoms with van der Waals surface area (Å²) in [5.41, 5.74) is 8.80. The molecule has 1 aromatic carbocycles. The first kappa shape index (κ1) is 18.9. The lowest BCUT2D eigenvalue weighted by Gasteiger charge is -2.02. The smallest absolute Gasteiger partial charge is 0.145 e. The van der Waals surface area contributed by atoms with E-state index in [1.165, 1.54) is 25.2 Å². The van der Waals surface area contributed by atoms with Crippen LogP contribution in [0.4, 0.5) is 10.2 Å². The Morgan fingerprint density at radius 2 is 1.84 bits per heavy atom. The van der Waals surface area contributed by atoms with Gasteiger partial charge in [0.15, 0.2) is 0 Å². The van der Waals surface area contributed by atoms with Crippen LogP contribution in [-0.2, 0) is 13.0 Å². The topological polar surface area (TPSA) is 56.7 Å². The number of unbranched alkanes of at least 4 members (excludes halogenated alkanes) is 1. The van der Waals surface area contributed by atoms with Crippen LogP contribution >= 0.6 is 0 Å². The second kappa shape index (κ2) is 9.16. The molecule has 0 radical (unpaired) electrons. The van der Waals surface area contributed by atoms with E-state index in [9.17, 15) is 4.39 Å². The molecule has 0 aliphatic carbocycles. The third-order valence-corrected chi connectivity index (χ3v) is 4.01. The van der Waals surface area contributed by atoms with Gasteiger partial charge in [0.2, 0.25) is 0 Å². The van der Waals surface area contributed by atoms with Crippen molar-refractivity contribution in [2.24, 2.45) is 0 Å². The molecule has 2 aromatic heterocycles. The number of halogens is 1. The molecule has 0 atom stereocenters. The van der Waals surface area contributed by atoms with Crippen LogP contribution in [0.25, 0.3) is 11.0 Å². The van der Waals surface area contributed by atoms with Crippen LogP contribution in [0.15, 0.2) is 36.8 Å². The molecule has 2 N–H and O–H groups in total. The van der Waals surface area contributed by atoms with E-state index in [0.717, 1.165) is 35.1 Å². The lowest BCUT2D eigenvalue weighted by molar-refractivity contribution is 0.626. The fourth-order valence-electron chi connectivity index (χ4n) is 2.64. The number of hydrogen-bond acceptors (Lipinski definition) is 3. The van der Waals surface area contributed by atoms with Gasteiger partial charge in [-0.2, -0.15) is 0 Å². The van der Waals surface area contributed by atoms with Gasteiger partial charge in [-0.3, -0.25) is 0 Å². The fraction of sp³-hybridized carbons (Fsp3) is 0.400. The molecule has 25 heavy (non-hydrogen) atoms. The number of benzene rings is 1. The minimum atomic E-state index is -0.228. The molecule has 0 amide bonds. The Balaban J connectivity index is 0.000000511. The van der Waals surface area contributed by atoms with Crippen molar-refractivity contribution >= 4 is 16.9 Å². The van der Waals surface area contributed by atoms with Crippen molar-refractivity contribution in [1.29, 1.82) is 0 Å². The molecule has 0 unspecified atom stereocenters. The molecule has 3 rings (SSSR count). The molecule has 0 saturated heterocycles. The molecule has 0 bridgehead atoms. The molecular formula is C20H27FN4. The molecule has 5 heteroatoms. The summed E-state index contributed by atoms with van der Waals surface area (Å²) in [7, 11) is 0. The first-order chi connectivity index (χ1) is 12.1. The summed E-state index contributed by atoms with van der Waals surface area (Å²) in [4.78, 5) is 8.42. The Labute approximate surface area is 148 Å². The fourth-order valence-corrected chi connectivity index (χ4v) is 2.64. The lowest BCUT2D eigenvalue weighted by atomic mass is 10.1. The maximum absolute atomic E-state index is 13.3. The second-order valence-corrected chi connectivity index (χ2v) is 6.11. The highest BCUT2D eigenvalue weighted by molar-refractivity contribution is 5.90. The van der Waals surface area contributed by atoms with E-state index in [4.69, 9.17) is 5.73 Å². The molecule has 134 valence electrons. The number of rotatable bonds is 5. The Morgan fingerprint density at radius 3 is 2.48 bits per heavy atom. The van der Waals surface area contributed by atoms with Crippen molar-refractivity contribution in [3.63, 3.8) is 0 Å². The predicted molar refractivity (Wildman–Crippen MR) is 102 cm³/mol. The van der Waals surface area contributed by atoms with Crippen molar-refractivity contribution < 1.29 is 4.39 Å². The minimum absolute atomic E-state index is 0.228. The summed E-state index contributed by atoms with van der Waals surface area (Å²) in [5.74, 6) is 0.246. The van der Waals surface area contributed by atoms with E-state index in [2.05, 4.69) is 35.3 Å². The number of anilines is 1. The zero-order valence-corrected chi connectivity index (χ0v) is 15.3. The molecule has 0 saturated carbocycles. The number of fused-ring (bicyclic) bond motifs is 1. The summed E-state index contributed by atoms with van der Waals surface area (Å²) in [5, 5.41) is 0.871. The lowest BCUT2D eigenvalue weighted by Crippen LogP contribution is -1.98. The van der Waals surface area contributed by atoms with Gasteiger partial charge in [0.05, 0.1) is 5.39 Å². The highest BCUT2D eigenvalue weighted by Gasteiger charge is 2.13. The Morgan fingerprint density at radius 1 is 1.08 bits per heavy atom. The first-order valence-corrected chi connectivity index (χ1v) is 8.93. The number of nitrogens with two attached hydrogens (primary N) is 1. The molecule has 4 nitrogen and oxygen atoms in total. The predicted octanol–water partition coefficient (Wildman–Crippen LogP) is 4.96. The monoisotopic (exact) mass is 342 g/mol. The van der Waals surface area contributed by atoms with Crippen LogP contribution in [0.3, 0.4) is 0 Å². The van der Waals surface area contributed by atoms with Crippen LogP contribution in [0.5, 0.6) is 0 Å². The molecule has 0 aliphatic rings. The van der Waals surface area contributed by atoms with Gasteiger partial charge < -0.3 is 10.3 Å². The van der Waals surface area contributed by atoms with Gasteiger partial charge in [0.1, 0.15) is 23.6 Å². The Hall–Kier alpha value is -2.43. The number of aromatic nitrogens is 3. The first-order valence-electron chi connectivity index (χ1n) is 8.93. The zero-order valence-electron chi connectivity index (χ0n) is 15.3. The molecule has 0 aliphatic heterocycles. The third kappa shape index (κ3) is 4.78. The Kier molecular flexibility index (Phi) is 6.92. The van der Waals surface area contributed by atoms with Gasteiger partial charge in [-0.15, -0.1) is 0 Å². The quantitative estimate of drug-likeness (QED) is 0.713. The van der Waals surface area contributed by atoms with Gasteiger partial charge in [0.25, 0.3) is 0 Å². The van der Waals surface area contributed by atoms with E-state index in [-0.39, 0.29) is 5.82 Å². The van der Waals surface area contributed by atoms with Gasteiger partial charge in [0, 0.05) is 12.7 Å². The molecule has 0 spiro atoms. The maximum atomic E-state index is 13.3. The summed E-state index contributed by atoms with van der Waals surface area (Å²) in [6.07, 6.45) is 7.79. The average Bonchev–Trinajstić information content (AvgIpc) is 2.94. The summed E-state index contributed by atoms with van der Waals surface area (Å²) >= 11 is 0. The van der Waals surface area contributed by atoms with Crippen LogP contribution in [0.1, 0.15) is 51.2 Å². The number of aryl methyl sites for hydroxylation is 1. The van der Waals surface area contributed by atoms with E-state index < -0.39 is 0 Å². The molecule has 0 fully saturated rings. The van der Waals surface area contributed by atoms with Crippen LogP contribution < -0.4 is 5.73 Å². The molecule has 2 heterocycles. The largest absolute Gasteiger partial charge is 0.383 e. The van der Waals surface area contributed by atoms with Crippen molar-refractivity contribution in [1.82, 2.24) is 14.5 Å². The number of nitrogen functional groups attached to an aromatic ring is 1.